The van der Waals surface area contributed by atoms with Crippen molar-refractivity contribution in [2.24, 2.45) is 11.8 Å². The molecule has 1 aliphatic carbocycles. The summed E-state index contributed by atoms with van der Waals surface area (Å²) in [5, 5.41) is 2.49. The van der Waals surface area contributed by atoms with E-state index in [1.165, 1.54) is 25.9 Å². The van der Waals surface area contributed by atoms with Crippen LogP contribution in [0.4, 0.5) is 0 Å². The summed E-state index contributed by atoms with van der Waals surface area (Å²) in [4.78, 5) is 0. The van der Waals surface area contributed by atoms with E-state index in [0.29, 0.717) is 0 Å². The van der Waals surface area contributed by atoms with Gasteiger partial charge in [0.15, 0.2) is 0 Å². The van der Waals surface area contributed by atoms with Crippen LogP contribution < -0.4 is 5.32 Å². The number of quaternary nitrogens is 1. The highest BCUT2D eigenvalue weighted by Crippen LogP contribution is 2.30. The Morgan fingerprint density at radius 1 is 0.923 bits per heavy atom. The second-order valence-electron chi connectivity index (χ2n) is 4.46. The summed E-state index contributed by atoms with van der Waals surface area (Å²) < 4.78 is 0. The van der Waals surface area contributed by atoms with Gasteiger partial charge in [-0.3, -0.25) is 0 Å². The molecule has 13 heavy (non-hydrogen) atoms. The molecule has 2 unspecified atom stereocenters. The first-order chi connectivity index (χ1) is 6.43. The molecule has 2 atom stereocenters. The van der Waals surface area contributed by atoms with Crippen LogP contribution >= 0.6 is 0 Å². The molecular weight excluding hydrogens is 158 g/mol. The molecule has 1 fully saturated rings. The zero-order chi connectivity index (χ0) is 8.67. The third-order valence-corrected chi connectivity index (χ3v) is 3.69. The highest BCUT2D eigenvalue weighted by Gasteiger charge is 2.34. The van der Waals surface area contributed by atoms with Crippen LogP contribution in [-0.2, 0) is 12.8 Å². The lowest BCUT2D eigenvalue weighted by atomic mass is 9.78. The average Bonchev–Trinajstić information content (AvgIpc) is 2.61. The quantitative estimate of drug-likeness (QED) is 0.593. The minimum atomic E-state index is 0.967. The van der Waals surface area contributed by atoms with Gasteiger partial charge in [0, 0.05) is 11.8 Å². The van der Waals surface area contributed by atoms with E-state index in [9.17, 15) is 0 Å². The molecule has 0 amide bonds. The molecule has 1 heterocycles. The molecule has 68 valence electrons. The summed E-state index contributed by atoms with van der Waals surface area (Å²) in [7, 11) is 0. The van der Waals surface area contributed by atoms with Gasteiger partial charge in [0.1, 0.15) is 0 Å². The second kappa shape index (κ2) is 2.85. The lowest BCUT2D eigenvalue weighted by Crippen LogP contribution is -2.81. The van der Waals surface area contributed by atoms with Crippen LogP contribution in [0.15, 0.2) is 24.3 Å². The largest absolute Gasteiger partial charge is 0.346 e. The molecule has 0 saturated carbocycles. The molecule has 1 aliphatic heterocycles. The Labute approximate surface area is 79.2 Å². The fourth-order valence-corrected chi connectivity index (χ4v) is 2.93. The molecule has 1 saturated heterocycles. The van der Waals surface area contributed by atoms with Crippen LogP contribution in [0.1, 0.15) is 11.1 Å². The molecule has 2 aliphatic rings. The molecule has 0 aromatic heterocycles. The van der Waals surface area contributed by atoms with Crippen molar-refractivity contribution in [1.29, 1.82) is 0 Å². The van der Waals surface area contributed by atoms with Gasteiger partial charge >= 0.3 is 0 Å². The van der Waals surface area contributed by atoms with Crippen molar-refractivity contribution in [2.75, 3.05) is 13.1 Å². The zero-order valence-corrected chi connectivity index (χ0v) is 7.87. The molecule has 0 bridgehead atoms. The van der Waals surface area contributed by atoms with E-state index in [2.05, 4.69) is 29.6 Å². The van der Waals surface area contributed by atoms with E-state index in [1.54, 1.807) is 11.1 Å². The number of fused-ring (bicyclic) bond motifs is 2. The molecule has 1 nitrogen and oxygen atoms in total. The third-order valence-electron chi connectivity index (χ3n) is 3.69. The van der Waals surface area contributed by atoms with Crippen molar-refractivity contribution in [3.63, 3.8) is 0 Å². The van der Waals surface area contributed by atoms with Crippen molar-refractivity contribution < 1.29 is 5.32 Å². The summed E-state index contributed by atoms with van der Waals surface area (Å²) in [5.74, 6) is 1.93. The maximum Gasteiger partial charge on any atom is 0.0792 e. The van der Waals surface area contributed by atoms with Crippen LogP contribution in [0.25, 0.3) is 0 Å². The van der Waals surface area contributed by atoms with Crippen LogP contribution in [-0.4, -0.2) is 13.1 Å². The lowest BCUT2D eigenvalue weighted by molar-refractivity contribution is -0.640. The van der Waals surface area contributed by atoms with Gasteiger partial charge in [-0.15, -0.1) is 0 Å². The van der Waals surface area contributed by atoms with Crippen molar-refractivity contribution >= 4 is 0 Å². The van der Waals surface area contributed by atoms with Gasteiger partial charge < -0.3 is 5.32 Å². The monoisotopic (exact) mass is 174 g/mol. The Hall–Kier alpha value is -0.820. The number of benzene rings is 1. The number of hydrogen-bond acceptors (Lipinski definition) is 0. The van der Waals surface area contributed by atoms with Gasteiger partial charge in [0.2, 0.25) is 0 Å². The van der Waals surface area contributed by atoms with Crippen LogP contribution in [0.5, 0.6) is 0 Å². The number of nitrogens with two attached hydrogens (primary N) is 1. The predicted octanol–water partition coefficient (Wildman–Crippen LogP) is 0.595. The first-order valence-corrected chi connectivity index (χ1v) is 5.32. The Morgan fingerprint density at radius 3 is 2.00 bits per heavy atom. The SMILES string of the molecule is c1ccc2c(c1)CC1C[NH2+]CC1C2. The fourth-order valence-electron chi connectivity index (χ4n) is 2.93. The Morgan fingerprint density at radius 2 is 1.46 bits per heavy atom. The number of hydrogen-bond donors (Lipinski definition) is 1. The molecule has 1 heteroatoms. The molecule has 0 spiro atoms. The van der Waals surface area contributed by atoms with Gasteiger partial charge in [-0.25, -0.2) is 0 Å². The lowest BCUT2D eigenvalue weighted by Gasteiger charge is -2.24. The summed E-state index contributed by atoms with van der Waals surface area (Å²) in [6, 6.07) is 8.98. The van der Waals surface area contributed by atoms with Crippen LogP contribution in [0, 0.1) is 11.8 Å². The third kappa shape index (κ3) is 1.19. The van der Waals surface area contributed by atoms with E-state index in [1.807, 2.05) is 0 Å². The molecule has 0 radical (unpaired) electrons. The van der Waals surface area contributed by atoms with Crippen molar-refractivity contribution in [1.82, 2.24) is 0 Å². The number of rotatable bonds is 0. The standard InChI is InChI=1S/C12H15N/c1-2-4-10-6-12-8-13-7-11(12)5-9(10)3-1/h1-4,11-13H,5-8H2/p+1. The van der Waals surface area contributed by atoms with Crippen molar-refractivity contribution in [3.05, 3.63) is 35.4 Å². The van der Waals surface area contributed by atoms with E-state index in [4.69, 9.17) is 0 Å². The summed E-state index contributed by atoms with van der Waals surface area (Å²) >= 11 is 0. The maximum atomic E-state index is 2.49. The minimum absolute atomic E-state index is 0.967. The Balaban J connectivity index is 1.97. The topological polar surface area (TPSA) is 16.6 Å². The summed E-state index contributed by atoms with van der Waals surface area (Å²) in [6.45, 7) is 2.72. The van der Waals surface area contributed by atoms with Crippen LogP contribution in [0.3, 0.4) is 0 Å². The van der Waals surface area contributed by atoms with Crippen LogP contribution in [0.2, 0.25) is 0 Å². The Bertz CT molecular complexity index is 288. The average molecular weight is 174 g/mol. The molecular formula is C12H16N+. The van der Waals surface area contributed by atoms with Gasteiger partial charge in [-0.1, -0.05) is 24.3 Å². The minimum Gasteiger partial charge on any atom is -0.346 e. The van der Waals surface area contributed by atoms with Gasteiger partial charge in [0.05, 0.1) is 13.1 Å². The van der Waals surface area contributed by atoms with Crippen molar-refractivity contribution in [3.8, 4) is 0 Å². The fraction of sp³-hybridized carbons (Fsp3) is 0.500. The summed E-state index contributed by atoms with van der Waals surface area (Å²) in [6.07, 6.45) is 2.66. The van der Waals surface area contributed by atoms with Crippen molar-refractivity contribution in [2.45, 2.75) is 12.8 Å². The predicted molar refractivity (Wildman–Crippen MR) is 52.5 cm³/mol. The second-order valence-corrected chi connectivity index (χ2v) is 4.46. The van der Waals surface area contributed by atoms with E-state index < -0.39 is 0 Å². The van der Waals surface area contributed by atoms with E-state index in [0.717, 1.165) is 11.8 Å². The molecule has 2 N–H and O–H groups in total. The first kappa shape index (κ1) is 7.57. The molecule has 1 aromatic rings. The molecule has 3 rings (SSSR count). The molecule has 1 aromatic carbocycles. The maximum absolute atomic E-state index is 2.49. The summed E-state index contributed by atoms with van der Waals surface area (Å²) in [5.41, 5.74) is 3.22. The van der Waals surface area contributed by atoms with Gasteiger partial charge in [-0.2, -0.15) is 0 Å². The normalized spacial score (nSPS) is 31.1. The zero-order valence-electron chi connectivity index (χ0n) is 7.87. The van der Waals surface area contributed by atoms with E-state index >= 15 is 0 Å². The van der Waals surface area contributed by atoms with Gasteiger partial charge in [0.25, 0.3) is 0 Å². The Kier molecular flexibility index (Phi) is 1.66. The first-order valence-electron chi connectivity index (χ1n) is 5.32. The highest BCUT2D eigenvalue weighted by molar-refractivity contribution is 5.30. The van der Waals surface area contributed by atoms with Gasteiger partial charge in [-0.05, 0) is 24.0 Å². The highest BCUT2D eigenvalue weighted by atomic mass is 14.9. The smallest absolute Gasteiger partial charge is 0.0792 e. The van der Waals surface area contributed by atoms with E-state index in [-0.39, 0.29) is 0 Å².